The SMILES string of the molecule is COC(=O)c1cc2cc(F)c(OC)cc2s1. The number of hydrogen-bond acceptors (Lipinski definition) is 4. The molecule has 0 spiro atoms. The zero-order valence-corrected chi connectivity index (χ0v) is 9.56. The Labute approximate surface area is 95.4 Å². The van der Waals surface area contributed by atoms with Gasteiger partial charge in [-0.2, -0.15) is 0 Å². The summed E-state index contributed by atoms with van der Waals surface area (Å²) in [6.45, 7) is 0. The number of carbonyl (C=O) groups is 1. The molecule has 0 aliphatic heterocycles. The van der Waals surface area contributed by atoms with E-state index < -0.39 is 11.8 Å². The number of thiophene rings is 1. The molecule has 0 aliphatic carbocycles. The van der Waals surface area contributed by atoms with Crippen molar-refractivity contribution in [3.63, 3.8) is 0 Å². The number of rotatable bonds is 2. The molecule has 2 rings (SSSR count). The molecule has 0 saturated carbocycles. The van der Waals surface area contributed by atoms with Gasteiger partial charge in [0, 0.05) is 10.8 Å². The average Bonchev–Trinajstić information content (AvgIpc) is 2.69. The molecule has 0 amide bonds. The summed E-state index contributed by atoms with van der Waals surface area (Å²) in [5.74, 6) is -0.685. The Hall–Kier alpha value is -1.62. The first-order valence-corrected chi connectivity index (χ1v) is 5.32. The molecule has 1 aromatic heterocycles. The van der Waals surface area contributed by atoms with Crippen LogP contribution < -0.4 is 4.74 Å². The largest absolute Gasteiger partial charge is 0.494 e. The smallest absolute Gasteiger partial charge is 0.348 e. The highest BCUT2D eigenvalue weighted by Gasteiger charge is 2.13. The normalized spacial score (nSPS) is 10.4. The second-order valence-electron chi connectivity index (χ2n) is 3.13. The maximum absolute atomic E-state index is 13.4. The van der Waals surface area contributed by atoms with E-state index in [4.69, 9.17) is 4.74 Å². The zero-order valence-electron chi connectivity index (χ0n) is 8.74. The molecule has 0 radical (unpaired) electrons. The standard InChI is InChI=1S/C11H9FO3S/c1-14-8-5-9-6(3-7(8)12)4-10(16-9)11(13)15-2/h3-5H,1-2H3. The average molecular weight is 240 g/mol. The molecule has 0 saturated heterocycles. The molecule has 84 valence electrons. The Kier molecular flexibility index (Phi) is 2.78. The molecule has 5 heteroatoms. The van der Waals surface area contributed by atoms with Gasteiger partial charge in [0.2, 0.25) is 0 Å². The van der Waals surface area contributed by atoms with Gasteiger partial charge in [-0.05, 0) is 17.5 Å². The molecule has 0 aliphatic rings. The Morgan fingerprint density at radius 3 is 2.69 bits per heavy atom. The number of carbonyl (C=O) groups excluding carboxylic acids is 1. The monoisotopic (exact) mass is 240 g/mol. The molecule has 16 heavy (non-hydrogen) atoms. The van der Waals surface area contributed by atoms with Crippen LogP contribution in [0.25, 0.3) is 10.1 Å². The molecule has 1 heterocycles. The maximum atomic E-state index is 13.4. The topological polar surface area (TPSA) is 35.5 Å². The fourth-order valence-corrected chi connectivity index (χ4v) is 2.39. The quantitative estimate of drug-likeness (QED) is 0.757. The lowest BCUT2D eigenvalue weighted by Gasteiger charge is -2.00. The van der Waals surface area contributed by atoms with Crippen LogP contribution in [-0.4, -0.2) is 20.2 Å². The molecule has 0 N–H and O–H groups in total. The number of ether oxygens (including phenoxy) is 2. The molecule has 2 aromatic rings. The van der Waals surface area contributed by atoms with Crippen LogP contribution in [0.15, 0.2) is 18.2 Å². The van der Waals surface area contributed by atoms with Gasteiger partial charge in [-0.3, -0.25) is 0 Å². The minimum absolute atomic E-state index is 0.172. The summed E-state index contributed by atoms with van der Waals surface area (Å²) in [4.78, 5) is 11.7. The minimum atomic E-state index is -0.441. The van der Waals surface area contributed by atoms with Crippen molar-refractivity contribution in [2.75, 3.05) is 14.2 Å². The van der Waals surface area contributed by atoms with E-state index in [1.165, 1.54) is 31.6 Å². The summed E-state index contributed by atoms with van der Waals surface area (Å²) in [7, 11) is 2.72. The number of fused-ring (bicyclic) bond motifs is 1. The van der Waals surface area contributed by atoms with Gasteiger partial charge in [-0.1, -0.05) is 0 Å². The summed E-state index contributed by atoms with van der Waals surface area (Å²) >= 11 is 1.25. The van der Waals surface area contributed by atoms with E-state index in [9.17, 15) is 9.18 Å². The molecule has 0 atom stereocenters. The number of hydrogen-bond donors (Lipinski definition) is 0. The van der Waals surface area contributed by atoms with Crippen molar-refractivity contribution < 1.29 is 18.7 Å². The summed E-state index contributed by atoms with van der Waals surface area (Å²) in [5, 5.41) is 0.670. The van der Waals surface area contributed by atoms with Crippen LogP contribution in [0.5, 0.6) is 5.75 Å². The first-order chi connectivity index (χ1) is 7.65. The van der Waals surface area contributed by atoms with Gasteiger partial charge in [0.15, 0.2) is 11.6 Å². The van der Waals surface area contributed by atoms with Crippen molar-refractivity contribution in [1.82, 2.24) is 0 Å². The van der Waals surface area contributed by atoms with E-state index in [1.807, 2.05) is 0 Å². The first-order valence-electron chi connectivity index (χ1n) is 4.51. The third-order valence-corrected chi connectivity index (χ3v) is 3.26. The van der Waals surface area contributed by atoms with Crippen molar-refractivity contribution in [2.24, 2.45) is 0 Å². The van der Waals surface area contributed by atoms with Crippen LogP contribution in [-0.2, 0) is 4.74 Å². The Morgan fingerprint density at radius 2 is 2.06 bits per heavy atom. The second kappa shape index (κ2) is 4.09. The fraction of sp³-hybridized carbons (Fsp3) is 0.182. The van der Waals surface area contributed by atoms with Crippen molar-refractivity contribution in [1.29, 1.82) is 0 Å². The summed E-state index contributed by atoms with van der Waals surface area (Å²) in [5.41, 5.74) is 0. The van der Waals surface area contributed by atoms with E-state index >= 15 is 0 Å². The predicted molar refractivity (Wildman–Crippen MR) is 59.7 cm³/mol. The highest BCUT2D eigenvalue weighted by molar-refractivity contribution is 7.20. The molecule has 3 nitrogen and oxygen atoms in total. The van der Waals surface area contributed by atoms with E-state index in [2.05, 4.69) is 4.74 Å². The Morgan fingerprint density at radius 1 is 1.31 bits per heavy atom. The summed E-state index contributed by atoms with van der Waals surface area (Å²) in [6.07, 6.45) is 0. The lowest BCUT2D eigenvalue weighted by atomic mass is 10.2. The van der Waals surface area contributed by atoms with Gasteiger partial charge in [0.1, 0.15) is 4.88 Å². The molecular weight excluding hydrogens is 231 g/mol. The highest BCUT2D eigenvalue weighted by atomic mass is 32.1. The van der Waals surface area contributed by atoms with Crippen LogP contribution in [0.1, 0.15) is 9.67 Å². The van der Waals surface area contributed by atoms with E-state index in [0.717, 1.165) is 4.70 Å². The molecule has 0 fully saturated rings. The maximum Gasteiger partial charge on any atom is 0.348 e. The van der Waals surface area contributed by atoms with Gasteiger partial charge in [0.05, 0.1) is 14.2 Å². The van der Waals surface area contributed by atoms with Crippen LogP contribution >= 0.6 is 11.3 Å². The first kappa shape index (κ1) is 10.9. The van der Waals surface area contributed by atoms with Crippen LogP contribution in [0.3, 0.4) is 0 Å². The number of esters is 1. The van der Waals surface area contributed by atoms with Gasteiger partial charge in [0.25, 0.3) is 0 Å². The van der Waals surface area contributed by atoms with Crippen LogP contribution in [0, 0.1) is 5.82 Å². The van der Waals surface area contributed by atoms with Crippen LogP contribution in [0.4, 0.5) is 4.39 Å². The number of benzene rings is 1. The molecule has 1 aromatic carbocycles. The van der Waals surface area contributed by atoms with Crippen molar-refractivity contribution in [3.05, 3.63) is 28.9 Å². The lowest BCUT2D eigenvalue weighted by molar-refractivity contribution is 0.0606. The predicted octanol–water partition coefficient (Wildman–Crippen LogP) is 2.84. The van der Waals surface area contributed by atoms with Gasteiger partial charge in [-0.25, -0.2) is 9.18 Å². The van der Waals surface area contributed by atoms with E-state index in [0.29, 0.717) is 10.3 Å². The second-order valence-corrected chi connectivity index (χ2v) is 4.21. The zero-order chi connectivity index (χ0) is 11.7. The van der Waals surface area contributed by atoms with Crippen molar-refractivity contribution in [2.45, 2.75) is 0 Å². The van der Waals surface area contributed by atoms with Crippen LogP contribution in [0.2, 0.25) is 0 Å². The minimum Gasteiger partial charge on any atom is -0.494 e. The summed E-state index contributed by atoms with van der Waals surface area (Å²) < 4.78 is 23.6. The fourth-order valence-electron chi connectivity index (χ4n) is 1.40. The summed E-state index contributed by atoms with van der Waals surface area (Å²) in [6, 6.07) is 4.52. The van der Waals surface area contributed by atoms with Crippen molar-refractivity contribution in [3.8, 4) is 5.75 Å². The molecule has 0 unspecified atom stereocenters. The van der Waals surface area contributed by atoms with Gasteiger partial charge in [-0.15, -0.1) is 11.3 Å². The Balaban J connectivity index is 2.58. The number of halogens is 1. The third kappa shape index (κ3) is 1.74. The highest BCUT2D eigenvalue weighted by Crippen LogP contribution is 2.31. The molecular formula is C11H9FO3S. The molecule has 0 bridgehead atoms. The lowest BCUT2D eigenvalue weighted by Crippen LogP contribution is -1.96. The third-order valence-electron chi connectivity index (χ3n) is 2.18. The Bertz CT molecular complexity index is 547. The van der Waals surface area contributed by atoms with E-state index in [1.54, 1.807) is 12.1 Å². The number of methoxy groups -OCH3 is 2. The van der Waals surface area contributed by atoms with Crippen molar-refractivity contribution >= 4 is 27.4 Å². The van der Waals surface area contributed by atoms with Gasteiger partial charge >= 0.3 is 5.97 Å². The van der Waals surface area contributed by atoms with Gasteiger partial charge < -0.3 is 9.47 Å². The van der Waals surface area contributed by atoms with E-state index in [-0.39, 0.29) is 5.75 Å².